The van der Waals surface area contributed by atoms with Gasteiger partial charge < -0.3 is 5.32 Å². The van der Waals surface area contributed by atoms with Crippen molar-refractivity contribution in [1.82, 2.24) is 25.5 Å². The summed E-state index contributed by atoms with van der Waals surface area (Å²) in [6.07, 6.45) is 0. The molecule has 1 N–H and O–H groups in total. The van der Waals surface area contributed by atoms with E-state index in [9.17, 15) is 13.6 Å². The van der Waals surface area contributed by atoms with E-state index in [1.54, 1.807) is 0 Å². The molecule has 2 rings (SSSR count). The van der Waals surface area contributed by atoms with Crippen molar-refractivity contribution in [2.45, 2.75) is 13.5 Å². The number of hydrogen-bond acceptors (Lipinski definition) is 4. The van der Waals surface area contributed by atoms with Crippen LogP contribution in [0.2, 0.25) is 0 Å². The van der Waals surface area contributed by atoms with Crippen LogP contribution >= 0.6 is 0 Å². The number of rotatable bonds is 3. The van der Waals surface area contributed by atoms with Gasteiger partial charge in [-0.15, -0.1) is 5.10 Å². The monoisotopic (exact) mass is 253 g/mol. The van der Waals surface area contributed by atoms with E-state index in [1.165, 1.54) is 17.7 Å². The van der Waals surface area contributed by atoms with Gasteiger partial charge in [0.15, 0.2) is 17.5 Å². The first-order valence-electron chi connectivity index (χ1n) is 5.05. The first-order chi connectivity index (χ1) is 8.58. The predicted molar refractivity (Wildman–Crippen MR) is 56.6 cm³/mol. The molecule has 18 heavy (non-hydrogen) atoms. The van der Waals surface area contributed by atoms with Gasteiger partial charge in [0.25, 0.3) is 0 Å². The molecule has 0 fully saturated rings. The molecule has 0 saturated heterocycles. The Kier molecular flexibility index (Phi) is 3.26. The molecule has 0 saturated carbocycles. The first kappa shape index (κ1) is 12.1. The van der Waals surface area contributed by atoms with Crippen LogP contribution in [0.4, 0.5) is 8.78 Å². The number of aromatic nitrogens is 4. The lowest BCUT2D eigenvalue weighted by atomic mass is 10.3. The zero-order chi connectivity index (χ0) is 13.1. The molecule has 1 amide bonds. The van der Waals surface area contributed by atoms with Gasteiger partial charge in [-0.1, -0.05) is 0 Å². The lowest BCUT2D eigenvalue weighted by Crippen LogP contribution is -2.21. The predicted octanol–water partition coefficient (Wildman–Crippen LogP) is 0.577. The molecule has 0 atom stereocenters. The highest BCUT2D eigenvalue weighted by atomic mass is 19.2. The first-order valence-corrected chi connectivity index (χ1v) is 5.05. The van der Waals surface area contributed by atoms with Gasteiger partial charge in [0.1, 0.15) is 0 Å². The van der Waals surface area contributed by atoms with E-state index in [0.29, 0.717) is 5.82 Å². The van der Waals surface area contributed by atoms with Crippen LogP contribution in [0.25, 0.3) is 5.69 Å². The van der Waals surface area contributed by atoms with Crippen LogP contribution in [-0.4, -0.2) is 26.1 Å². The number of carbonyl (C=O) groups is 1. The van der Waals surface area contributed by atoms with Crippen LogP contribution in [-0.2, 0) is 11.3 Å². The summed E-state index contributed by atoms with van der Waals surface area (Å²) in [7, 11) is 0. The smallest absolute Gasteiger partial charge is 0.217 e. The fourth-order valence-electron chi connectivity index (χ4n) is 1.34. The van der Waals surface area contributed by atoms with Crippen molar-refractivity contribution in [2.24, 2.45) is 0 Å². The standard InChI is InChI=1S/C10H9F2N5O/c1-6(18)13-5-10-14-15-16-17(10)7-2-3-8(11)9(12)4-7/h2-4H,5H2,1H3,(H,13,18). The Morgan fingerprint density at radius 1 is 1.39 bits per heavy atom. The highest BCUT2D eigenvalue weighted by Crippen LogP contribution is 2.12. The fraction of sp³-hybridized carbons (Fsp3) is 0.200. The maximum absolute atomic E-state index is 13.1. The summed E-state index contributed by atoms with van der Waals surface area (Å²) < 4.78 is 27.1. The van der Waals surface area contributed by atoms with Crippen molar-refractivity contribution in [3.63, 3.8) is 0 Å². The van der Waals surface area contributed by atoms with Crippen LogP contribution in [0, 0.1) is 11.6 Å². The van der Waals surface area contributed by atoms with Gasteiger partial charge in [-0.05, 0) is 22.6 Å². The van der Waals surface area contributed by atoms with Crippen molar-refractivity contribution < 1.29 is 13.6 Å². The van der Waals surface area contributed by atoms with Crippen LogP contribution in [0.1, 0.15) is 12.7 Å². The minimum atomic E-state index is -0.992. The summed E-state index contributed by atoms with van der Waals surface area (Å²) in [5, 5.41) is 13.3. The number of hydrogen-bond donors (Lipinski definition) is 1. The second-order valence-corrected chi connectivity index (χ2v) is 3.52. The quantitative estimate of drug-likeness (QED) is 0.868. The Balaban J connectivity index is 2.30. The van der Waals surface area contributed by atoms with Crippen molar-refractivity contribution in [2.75, 3.05) is 0 Å². The third-order valence-electron chi connectivity index (χ3n) is 2.18. The number of halogens is 2. The molecule has 0 aliphatic rings. The lowest BCUT2D eigenvalue weighted by Gasteiger charge is -2.05. The summed E-state index contributed by atoms with van der Waals surface area (Å²) in [4.78, 5) is 10.8. The summed E-state index contributed by atoms with van der Waals surface area (Å²) in [5.41, 5.74) is 0.277. The Morgan fingerprint density at radius 2 is 2.17 bits per heavy atom. The van der Waals surface area contributed by atoms with Gasteiger partial charge in [0, 0.05) is 13.0 Å². The van der Waals surface area contributed by atoms with Gasteiger partial charge in [-0.2, -0.15) is 4.68 Å². The molecule has 0 aliphatic carbocycles. The average Bonchev–Trinajstić information content (AvgIpc) is 2.78. The molecule has 8 heteroatoms. The van der Waals surface area contributed by atoms with Crippen molar-refractivity contribution in [3.8, 4) is 5.69 Å². The molecule has 0 spiro atoms. The molecule has 0 radical (unpaired) electrons. The van der Waals surface area contributed by atoms with E-state index < -0.39 is 11.6 Å². The summed E-state index contributed by atoms with van der Waals surface area (Å²) in [6, 6.07) is 3.30. The number of nitrogens with one attached hydrogen (secondary N) is 1. The second-order valence-electron chi connectivity index (χ2n) is 3.52. The highest BCUT2D eigenvalue weighted by Gasteiger charge is 2.11. The largest absolute Gasteiger partial charge is 0.349 e. The van der Waals surface area contributed by atoms with Crippen LogP contribution in [0.3, 0.4) is 0 Å². The molecule has 0 aliphatic heterocycles. The second kappa shape index (κ2) is 4.86. The van der Waals surface area contributed by atoms with Gasteiger partial charge in [0.2, 0.25) is 5.91 Å². The maximum Gasteiger partial charge on any atom is 0.217 e. The minimum absolute atomic E-state index is 0.0985. The fourth-order valence-corrected chi connectivity index (χ4v) is 1.34. The number of nitrogens with zero attached hydrogens (tertiary/aromatic N) is 4. The van der Waals surface area contributed by atoms with E-state index >= 15 is 0 Å². The average molecular weight is 253 g/mol. The zero-order valence-electron chi connectivity index (χ0n) is 9.39. The van der Waals surface area contributed by atoms with E-state index in [0.717, 1.165) is 12.1 Å². The summed E-state index contributed by atoms with van der Waals surface area (Å²) >= 11 is 0. The molecule has 2 aromatic rings. The van der Waals surface area contributed by atoms with E-state index in [4.69, 9.17) is 0 Å². The molecule has 1 aromatic heterocycles. The molecule has 1 heterocycles. The van der Waals surface area contributed by atoms with Gasteiger partial charge >= 0.3 is 0 Å². The van der Waals surface area contributed by atoms with Crippen LogP contribution in [0.15, 0.2) is 18.2 Å². The van der Waals surface area contributed by atoms with Gasteiger partial charge in [0.05, 0.1) is 12.2 Å². The minimum Gasteiger partial charge on any atom is -0.349 e. The highest BCUT2D eigenvalue weighted by molar-refractivity contribution is 5.72. The topological polar surface area (TPSA) is 72.7 Å². The molecular formula is C10H9F2N5O. The number of amides is 1. The van der Waals surface area contributed by atoms with E-state index in [2.05, 4.69) is 20.8 Å². The van der Waals surface area contributed by atoms with E-state index in [1.807, 2.05) is 0 Å². The van der Waals surface area contributed by atoms with Crippen molar-refractivity contribution in [3.05, 3.63) is 35.7 Å². The Morgan fingerprint density at radius 3 is 2.83 bits per heavy atom. The summed E-state index contributed by atoms with van der Waals surface area (Å²) in [6.45, 7) is 1.45. The summed E-state index contributed by atoms with van der Waals surface area (Å²) in [5.74, 6) is -1.87. The normalized spacial score (nSPS) is 10.4. The number of tetrazole rings is 1. The van der Waals surface area contributed by atoms with Crippen molar-refractivity contribution >= 4 is 5.91 Å². The maximum atomic E-state index is 13.1. The molecule has 6 nitrogen and oxygen atoms in total. The van der Waals surface area contributed by atoms with Gasteiger partial charge in [-0.3, -0.25) is 4.79 Å². The Hall–Kier alpha value is -2.38. The Labute approximate surface area is 101 Å². The molecule has 0 unspecified atom stereocenters. The third-order valence-corrected chi connectivity index (χ3v) is 2.18. The SMILES string of the molecule is CC(=O)NCc1nnnn1-c1ccc(F)c(F)c1. The van der Waals surface area contributed by atoms with Crippen LogP contribution < -0.4 is 5.32 Å². The molecule has 1 aromatic carbocycles. The van der Waals surface area contributed by atoms with Crippen LogP contribution in [0.5, 0.6) is 0 Å². The molecule has 0 bridgehead atoms. The van der Waals surface area contributed by atoms with E-state index in [-0.39, 0.29) is 18.1 Å². The molecular weight excluding hydrogens is 244 g/mol. The third kappa shape index (κ3) is 2.47. The number of carbonyl (C=O) groups excluding carboxylic acids is 1. The lowest BCUT2D eigenvalue weighted by molar-refractivity contribution is -0.119. The Bertz CT molecular complexity index is 583. The van der Waals surface area contributed by atoms with Crippen molar-refractivity contribution in [1.29, 1.82) is 0 Å². The van der Waals surface area contributed by atoms with Gasteiger partial charge in [-0.25, -0.2) is 8.78 Å². The zero-order valence-corrected chi connectivity index (χ0v) is 9.39. The molecule has 94 valence electrons. The number of benzene rings is 1.